The summed E-state index contributed by atoms with van der Waals surface area (Å²) in [5.74, 6) is 2.04. The van der Waals surface area contributed by atoms with E-state index in [1.807, 2.05) is 36.1 Å². The molecule has 3 saturated carbocycles. The summed E-state index contributed by atoms with van der Waals surface area (Å²) in [4.78, 5) is 28.1. The first kappa shape index (κ1) is 27.4. The lowest BCUT2D eigenvalue weighted by Gasteiger charge is -2.61. The lowest BCUT2D eigenvalue weighted by atomic mass is 9.45. The average Bonchev–Trinajstić information content (AvgIpc) is 2.87. The number of hydrogen-bond acceptors (Lipinski definition) is 5. The van der Waals surface area contributed by atoms with Crippen LogP contribution in [0, 0.1) is 26.7 Å². The number of halogens is 1. The van der Waals surface area contributed by atoms with Gasteiger partial charge in [0.25, 0.3) is 0 Å². The van der Waals surface area contributed by atoms with Crippen LogP contribution in [0.25, 0.3) is 0 Å². The molecule has 0 radical (unpaired) electrons. The van der Waals surface area contributed by atoms with Crippen molar-refractivity contribution >= 4 is 34.4 Å². The summed E-state index contributed by atoms with van der Waals surface area (Å²) in [5, 5.41) is 23.4. The van der Waals surface area contributed by atoms with Gasteiger partial charge in [-0.15, -0.1) is 0 Å². The summed E-state index contributed by atoms with van der Waals surface area (Å²) >= 11 is 2.18. The van der Waals surface area contributed by atoms with Crippen LogP contribution in [0.3, 0.4) is 0 Å². The molecule has 2 bridgehead atoms. The predicted molar refractivity (Wildman–Crippen MR) is 146 cm³/mol. The van der Waals surface area contributed by atoms with Crippen LogP contribution in [0.2, 0.25) is 0 Å². The Morgan fingerprint density at radius 3 is 2.64 bits per heavy atom. The van der Waals surface area contributed by atoms with Crippen molar-refractivity contribution in [3.8, 4) is 5.75 Å². The van der Waals surface area contributed by atoms with Gasteiger partial charge in [0.2, 0.25) is 11.8 Å². The zero-order valence-corrected chi connectivity index (χ0v) is 23.6. The van der Waals surface area contributed by atoms with E-state index in [9.17, 15) is 19.8 Å². The smallest absolute Gasteiger partial charge is 0.247 e. The molecule has 6 atom stereocenters. The normalized spacial score (nSPS) is 30.6. The Morgan fingerprint density at radius 1 is 1.25 bits per heavy atom. The number of para-hydroxylation sites is 1. The van der Waals surface area contributed by atoms with E-state index in [0.717, 1.165) is 15.9 Å². The van der Waals surface area contributed by atoms with E-state index >= 15 is 0 Å². The van der Waals surface area contributed by atoms with Crippen LogP contribution in [0.4, 0.5) is 0 Å². The Labute approximate surface area is 227 Å². The number of aliphatic hydroxyl groups is 2. The van der Waals surface area contributed by atoms with Crippen LogP contribution in [-0.4, -0.2) is 64.9 Å². The van der Waals surface area contributed by atoms with Crippen molar-refractivity contribution in [3.63, 3.8) is 0 Å². The minimum absolute atomic E-state index is 0.0108. The number of rotatable bonds is 9. The maximum atomic E-state index is 13.3. The zero-order valence-electron chi connectivity index (χ0n) is 21.5. The average molecular weight is 611 g/mol. The minimum atomic E-state index is -0.975. The lowest BCUT2D eigenvalue weighted by molar-refractivity contribution is -0.147. The maximum absolute atomic E-state index is 13.3. The van der Waals surface area contributed by atoms with E-state index in [1.165, 1.54) is 12.8 Å². The van der Waals surface area contributed by atoms with Gasteiger partial charge in [-0.25, -0.2) is 0 Å². The molecule has 3 N–H and O–H groups in total. The quantitative estimate of drug-likeness (QED) is 0.372. The molecule has 4 aliphatic rings. The molecule has 7 nitrogen and oxygen atoms in total. The molecule has 0 aliphatic heterocycles. The van der Waals surface area contributed by atoms with Gasteiger partial charge in [-0.1, -0.05) is 32.9 Å². The molecule has 0 spiro atoms. The van der Waals surface area contributed by atoms with Gasteiger partial charge >= 0.3 is 0 Å². The highest BCUT2D eigenvalue weighted by Crippen LogP contribution is 2.61. The van der Waals surface area contributed by atoms with E-state index in [1.54, 1.807) is 6.08 Å². The second-order valence-electron chi connectivity index (χ2n) is 11.0. The lowest BCUT2D eigenvalue weighted by Crippen LogP contribution is -2.59. The van der Waals surface area contributed by atoms with Gasteiger partial charge in [-0.2, -0.15) is 0 Å². The fourth-order valence-electron chi connectivity index (χ4n) is 6.53. The second-order valence-corrected chi connectivity index (χ2v) is 12.2. The van der Waals surface area contributed by atoms with Gasteiger partial charge in [0.05, 0.1) is 16.2 Å². The van der Waals surface area contributed by atoms with Gasteiger partial charge in [0.1, 0.15) is 18.0 Å². The van der Waals surface area contributed by atoms with Crippen LogP contribution in [0.1, 0.15) is 52.9 Å². The standard InChI is InChI=1S/C28H39IN2O5/c1-4-25(33)31(16-17-9-10-19-15-20(17)28(19,2)3)22-13-18(27(35)30-11-12-32)14-24(26(22)34)36-23-8-6-5-7-21(23)29/h5-8,14,17,19-20,22,24,26,32,34H,4,9-13,15-16H2,1-3H3,(H,30,35)/t17-,19-,20-,22+,24-,26-/m0/s1. The molecule has 0 aromatic heterocycles. The molecule has 2 amide bonds. The first-order valence-electron chi connectivity index (χ1n) is 13.2. The number of fused-ring (bicyclic) bond motifs is 2. The second kappa shape index (κ2) is 11.4. The Hall–Kier alpha value is -1.65. The van der Waals surface area contributed by atoms with Crippen molar-refractivity contribution in [1.29, 1.82) is 0 Å². The highest BCUT2D eigenvalue weighted by atomic mass is 127. The number of carbonyl (C=O) groups is 2. The van der Waals surface area contributed by atoms with E-state index in [2.05, 4.69) is 41.8 Å². The van der Waals surface area contributed by atoms with E-state index in [0.29, 0.717) is 41.5 Å². The molecular weight excluding hydrogens is 571 g/mol. The Morgan fingerprint density at radius 2 is 2.00 bits per heavy atom. The van der Waals surface area contributed by atoms with Gasteiger partial charge in [-0.3, -0.25) is 9.59 Å². The molecule has 36 heavy (non-hydrogen) atoms. The third-order valence-electron chi connectivity index (χ3n) is 8.77. The molecule has 198 valence electrons. The van der Waals surface area contributed by atoms with E-state index in [4.69, 9.17) is 4.74 Å². The molecule has 5 rings (SSSR count). The maximum Gasteiger partial charge on any atom is 0.247 e. The number of hydrogen-bond donors (Lipinski definition) is 3. The number of carbonyl (C=O) groups excluding carboxylic acids is 2. The third-order valence-corrected chi connectivity index (χ3v) is 9.66. The Bertz CT molecular complexity index is 994. The van der Waals surface area contributed by atoms with Crippen LogP contribution in [0.5, 0.6) is 5.75 Å². The van der Waals surface area contributed by atoms with Crippen LogP contribution in [0.15, 0.2) is 35.9 Å². The monoisotopic (exact) mass is 610 g/mol. The molecule has 1 aromatic rings. The minimum Gasteiger partial charge on any atom is -0.482 e. The SMILES string of the molecule is CCC(=O)N(C[C@@H]1CC[C@H]2C[C@@H]1C2(C)C)[C@@H]1CC(C(=O)NCCO)=C[C@H](Oc2ccccc2I)[C@H]1O. The first-order valence-corrected chi connectivity index (χ1v) is 14.2. The molecule has 0 unspecified atom stereocenters. The largest absolute Gasteiger partial charge is 0.482 e. The van der Waals surface area contributed by atoms with Gasteiger partial charge in [-0.05, 0) is 83.2 Å². The van der Waals surface area contributed by atoms with E-state index in [-0.39, 0.29) is 31.4 Å². The van der Waals surface area contributed by atoms with Gasteiger partial charge < -0.3 is 25.2 Å². The number of benzene rings is 1. The third kappa shape index (κ3) is 5.45. The summed E-state index contributed by atoms with van der Waals surface area (Å²) in [6.07, 6.45) is 4.00. The highest BCUT2D eigenvalue weighted by Gasteiger charge is 2.55. The summed E-state index contributed by atoms with van der Waals surface area (Å²) in [7, 11) is 0. The summed E-state index contributed by atoms with van der Waals surface area (Å²) < 4.78 is 7.13. The number of ether oxygens (including phenoxy) is 1. The van der Waals surface area contributed by atoms with Gasteiger partial charge in [0, 0.05) is 31.5 Å². The number of aliphatic hydroxyl groups excluding tert-OH is 2. The zero-order chi connectivity index (χ0) is 26.0. The molecule has 4 aliphatic carbocycles. The number of nitrogens with one attached hydrogen (secondary N) is 1. The van der Waals surface area contributed by atoms with Crippen LogP contribution < -0.4 is 10.1 Å². The summed E-state index contributed by atoms with van der Waals surface area (Å²) in [6.45, 7) is 7.11. The van der Waals surface area contributed by atoms with Crippen molar-refractivity contribution in [3.05, 3.63) is 39.5 Å². The van der Waals surface area contributed by atoms with Crippen molar-refractivity contribution in [2.24, 2.45) is 23.2 Å². The molecule has 0 heterocycles. The van der Waals surface area contributed by atoms with Crippen molar-refractivity contribution < 1.29 is 24.5 Å². The molecular formula is C28H39IN2O5. The van der Waals surface area contributed by atoms with Gasteiger partial charge in [0.15, 0.2) is 0 Å². The fraction of sp³-hybridized carbons (Fsp3) is 0.643. The predicted octanol–water partition coefficient (Wildman–Crippen LogP) is 3.52. The topological polar surface area (TPSA) is 99.1 Å². The number of nitrogens with zero attached hydrogens (tertiary/aromatic N) is 1. The first-order chi connectivity index (χ1) is 17.2. The highest BCUT2D eigenvalue weighted by molar-refractivity contribution is 14.1. The van der Waals surface area contributed by atoms with Crippen molar-refractivity contribution in [2.75, 3.05) is 19.7 Å². The molecule has 3 fully saturated rings. The Kier molecular flexibility index (Phi) is 8.67. The Balaban J connectivity index is 1.62. The van der Waals surface area contributed by atoms with Crippen molar-refractivity contribution in [2.45, 2.75) is 71.1 Å². The molecule has 8 heteroatoms. The van der Waals surface area contributed by atoms with Crippen molar-refractivity contribution in [1.82, 2.24) is 10.2 Å². The molecule has 0 saturated heterocycles. The summed E-state index contributed by atoms with van der Waals surface area (Å²) in [6, 6.07) is 6.97. The van der Waals surface area contributed by atoms with Crippen LogP contribution in [-0.2, 0) is 9.59 Å². The fourth-order valence-corrected chi connectivity index (χ4v) is 7.04. The van der Waals surface area contributed by atoms with Crippen LogP contribution >= 0.6 is 22.6 Å². The van der Waals surface area contributed by atoms with E-state index < -0.39 is 18.2 Å². The number of amides is 2. The summed E-state index contributed by atoms with van der Waals surface area (Å²) in [5.41, 5.74) is 0.760. The molecule has 1 aromatic carbocycles.